The van der Waals surface area contributed by atoms with E-state index < -0.39 is 0 Å². The van der Waals surface area contributed by atoms with Gasteiger partial charge >= 0.3 is 0 Å². The number of amides is 1. The molecule has 4 fully saturated rings. The van der Waals surface area contributed by atoms with Crippen molar-refractivity contribution in [2.75, 3.05) is 0 Å². The molecule has 0 radical (unpaired) electrons. The van der Waals surface area contributed by atoms with E-state index in [1.807, 2.05) is 13.0 Å². The predicted octanol–water partition coefficient (Wildman–Crippen LogP) is 2.49. The maximum Gasteiger partial charge on any atom is 0.257 e. The summed E-state index contributed by atoms with van der Waals surface area (Å²) in [5, 5.41) is 17.2. The molecule has 4 bridgehead atoms. The van der Waals surface area contributed by atoms with Crippen LogP contribution in [-0.4, -0.2) is 26.5 Å². The number of nitriles is 1. The van der Waals surface area contributed by atoms with E-state index in [0.29, 0.717) is 29.0 Å². The standard InChI is InChI=1S/C19H21N5O/c1-11-2-3-21-17-15(9-22-24(11)17)18(25)23-16-13-4-12-5-14(16)8-19(6-12,7-13)10-20/h2-3,9,12-14,16H,4-8H2,1H3,(H,23,25). The molecule has 1 N–H and O–H groups in total. The maximum absolute atomic E-state index is 12.9. The number of carbonyl (C=O) groups excluding carboxylic acids is 1. The SMILES string of the molecule is Cc1ccnc2c(C(=O)NC3C4CC5CC3CC(C#N)(C5)C4)cnn12. The molecule has 4 saturated carbocycles. The average Bonchev–Trinajstić information content (AvgIpc) is 3.03. The second kappa shape index (κ2) is 5.04. The molecule has 2 heterocycles. The summed E-state index contributed by atoms with van der Waals surface area (Å²) in [6, 6.07) is 4.67. The molecule has 0 aromatic carbocycles. The van der Waals surface area contributed by atoms with Gasteiger partial charge in [-0.1, -0.05) is 0 Å². The predicted molar refractivity (Wildman–Crippen MR) is 90.6 cm³/mol. The Morgan fingerprint density at radius 2 is 2.12 bits per heavy atom. The molecule has 2 aromatic rings. The minimum atomic E-state index is -0.124. The summed E-state index contributed by atoms with van der Waals surface area (Å²) in [6.07, 6.45) is 8.56. The van der Waals surface area contributed by atoms with Crippen molar-refractivity contribution in [2.24, 2.45) is 23.2 Å². The Balaban J connectivity index is 1.42. The first-order valence-corrected chi connectivity index (χ1v) is 9.10. The molecule has 4 aliphatic rings. The van der Waals surface area contributed by atoms with E-state index in [0.717, 1.165) is 37.8 Å². The number of rotatable bonds is 2. The molecule has 0 aliphatic heterocycles. The Morgan fingerprint density at radius 1 is 1.36 bits per heavy atom. The van der Waals surface area contributed by atoms with Crippen LogP contribution >= 0.6 is 0 Å². The summed E-state index contributed by atoms with van der Waals surface area (Å²) in [7, 11) is 0. The van der Waals surface area contributed by atoms with E-state index >= 15 is 0 Å². The lowest BCUT2D eigenvalue weighted by atomic mass is 9.48. The first-order chi connectivity index (χ1) is 12.1. The molecule has 6 rings (SSSR count). The third kappa shape index (κ3) is 2.11. The molecular formula is C19H21N5O. The van der Waals surface area contributed by atoms with Gasteiger partial charge in [0.15, 0.2) is 5.65 Å². The number of aryl methyl sites for hydroxylation is 1. The van der Waals surface area contributed by atoms with Crippen LogP contribution in [-0.2, 0) is 0 Å². The van der Waals surface area contributed by atoms with Gasteiger partial charge in [-0.15, -0.1) is 0 Å². The van der Waals surface area contributed by atoms with Crippen molar-refractivity contribution in [1.82, 2.24) is 19.9 Å². The Bertz CT molecular complexity index is 894. The van der Waals surface area contributed by atoms with E-state index in [4.69, 9.17) is 0 Å². The normalized spacial score (nSPS) is 35.7. The van der Waals surface area contributed by atoms with Gasteiger partial charge in [-0.25, -0.2) is 9.50 Å². The van der Waals surface area contributed by atoms with Gasteiger partial charge in [-0.05, 0) is 62.8 Å². The molecule has 4 aliphatic carbocycles. The number of carbonyl (C=O) groups is 1. The number of hydrogen-bond donors (Lipinski definition) is 1. The third-order valence-electron chi connectivity index (χ3n) is 6.64. The van der Waals surface area contributed by atoms with Crippen molar-refractivity contribution < 1.29 is 4.79 Å². The summed E-state index contributed by atoms with van der Waals surface area (Å²) in [5.74, 6) is 1.46. The molecule has 128 valence electrons. The molecule has 1 amide bonds. The fourth-order valence-corrected chi connectivity index (χ4v) is 5.80. The van der Waals surface area contributed by atoms with E-state index in [9.17, 15) is 10.1 Å². The van der Waals surface area contributed by atoms with Gasteiger partial charge in [0.05, 0.1) is 17.7 Å². The van der Waals surface area contributed by atoms with Crippen LogP contribution in [0.25, 0.3) is 5.65 Å². The van der Waals surface area contributed by atoms with Crippen LogP contribution in [0.5, 0.6) is 0 Å². The zero-order chi connectivity index (χ0) is 17.2. The third-order valence-corrected chi connectivity index (χ3v) is 6.64. The van der Waals surface area contributed by atoms with Gasteiger partial charge in [0.25, 0.3) is 5.91 Å². The first-order valence-electron chi connectivity index (χ1n) is 9.10. The van der Waals surface area contributed by atoms with Gasteiger partial charge in [0.2, 0.25) is 0 Å². The van der Waals surface area contributed by atoms with Gasteiger partial charge in [0, 0.05) is 17.9 Å². The Kier molecular flexibility index (Phi) is 3.00. The number of aromatic nitrogens is 3. The van der Waals surface area contributed by atoms with E-state index in [-0.39, 0.29) is 17.4 Å². The van der Waals surface area contributed by atoms with Gasteiger partial charge in [-0.2, -0.15) is 10.4 Å². The maximum atomic E-state index is 12.9. The fraction of sp³-hybridized carbons (Fsp3) is 0.579. The summed E-state index contributed by atoms with van der Waals surface area (Å²) < 4.78 is 1.70. The molecule has 2 atom stereocenters. The highest BCUT2D eigenvalue weighted by molar-refractivity contribution is 5.99. The molecule has 2 unspecified atom stereocenters. The number of fused-ring (bicyclic) bond motifs is 1. The summed E-state index contributed by atoms with van der Waals surface area (Å²) in [6.45, 7) is 1.95. The number of hydrogen-bond acceptors (Lipinski definition) is 4. The molecule has 0 saturated heterocycles. The van der Waals surface area contributed by atoms with Crippen molar-refractivity contribution >= 4 is 11.6 Å². The van der Waals surface area contributed by atoms with Crippen LogP contribution in [0.15, 0.2) is 18.5 Å². The highest BCUT2D eigenvalue weighted by Gasteiger charge is 2.56. The van der Waals surface area contributed by atoms with Crippen LogP contribution in [0.4, 0.5) is 0 Å². The molecule has 6 heteroatoms. The first kappa shape index (κ1) is 14.9. The molecule has 6 nitrogen and oxygen atoms in total. The zero-order valence-electron chi connectivity index (χ0n) is 14.3. The number of nitrogens with one attached hydrogen (secondary N) is 1. The molecular weight excluding hydrogens is 314 g/mol. The molecule has 0 spiro atoms. The minimum Gasteiger partial charge on any atom is -0.349 e. The summed E-state index contributed by atoms with van der Waals surface area (Å²) in [5.41, 5.74) is 1.97. The molecule has 2 aromatic heterocycles. The smallest absolute Gasteiger partial charge is 0.257 e. The van der Waals surface area contributed by atoms with Crippen LogP contribution < -0.4 is 5.32 Å². The monoisotopic (exact) mass is 335 g/mol. The summed E-state index contributed by atoms with van der Waals surface area (Å²) >= 11 is 0. The Morgan fingerprint density at radius 3 is 2.84 bits per heavy atom. The van der Waals surface area contributed by atoms with Crippen molar-refractivity contribution in [2.45, 2.75) is 45.1 Å². The van der Waals surface area contributed by atoms with E-state index in [1.165, 1.54) is 0 Å². The van der Waals surface area contributed by atoms with Crippen LogP contribution in [0, 0.1) is 41.4 Å². The van der Waals surface area contributed by atoms with Gasteiger partial charge in [0.1, 0.15) is 5.56 Å². The lowest BCUT2D eigenvalue weighted by Crippen LogP contribution is -2.58. The van der Waals surface area contributed by atoms with Crippen molar-refractivity contribution in [3.05, 3.63) is 29.7 Å². The average molecular weight is 335 g/mol. The Hall–Kier alpha value is -2.42. The van der Waals surface area contributed by atoms with E-state index in [2.05, 4.69) is 21.5 Å². The van der Waals surface area contributed by atoms with Crippen LogP contribution in [0.1, 0.15) is 48.2 Å². The van der Waals surface area contributed by atoms with Crippen LogP contribution in [0.2, 0.25) is 0 Å². The Labute approximate surface area is 146 Å². The lowest BCUT2D eigenvalue weighted by molar-refractivity contribution is -0.0451. The van der Waals surface area contributed by atoms with Gasteiger partial charge < -0.3 is 5.32 Å². The highest BCUT2D eigenvalue weighted by Crippen LogP contribution is 2.59. The quantitative estimate of drug-likeness (QED) is 0.914. The fourth-order valence-electron chi connectivity index (χ4n) is 5.80. The second-order valence-electron chi connectivity index (χ2n) is 8.24. The molecule has 25 heavy (non-hydrogen) atoms. The van der Waals surface area contributed by atoms with Crippen molar-refractivity contribution in [1.29, 1.82) is 5.26 Å². The largest absolute Gasteiger partial charge is 0.349 e. The van der Waals surface area contributed by atoms with Gasteiger partial charge in [-0.3, -0.25) is 4.79 Å². The highest BCUT2D eigenvalue weighted by atomic mass is 16.1. The second-order valence-corrected chi connectivity index (χ2v) is 8.24. The lowest BCUT2D eigenvalue weighted by Gasteiger charge is -2.57. The number of nitrogens with zero attached hydrogens (tertiary/aromatic N) is 4. The van der Waals surface area contributed by atoms with E-state index in [1.54, 1.807) is 16.9 Å². The zero-order valence-corrected chi connectivity index (χ0v) is 14.3. The summed E-state index contributed by atoms with van der Waals surface area (Å²) in [4.78, 5) is 17.2. The van der Waals surface area contributed by atoms with Crippen molar-refractivity contribution in [3.8, 4) is 6.07 Å². The minimum absolute atomic E-state index is 0.0865. The van der Waals surface area contributed by atoms with Crippen molar-refractivity contribution in [3.63, 3.8) is 0 Å². The topological polar surface area (TPSA) is 83.1 Å². The van der Waals surface area contributed by atoms with Crippen LogP contribution in [0.3, 0.4) is 0 Å².